The third kappa shape index (κ3) is 50.6. The summed E-state index contributed by atoms with van der Waals surface area (Å²) in [5.74, 6) is -0.537. The third-order valence-electron chi connectivity index (χ3n) is 12.7. The lowest BCUT2D eigenvalue weighted by atomic mass is 10.0. The summed E-state index contributed by atoms with van der Waals surface area (Å²) >= 11 is 0. The molecule has 9 nitrogen and oxygen atoms in total. The smallest absolute Gasteiger partial charge is 0.456 e. The van der Waals surface area contributed by atoms with Crippen LogP contribution in [0.2, 0.25) is 0 Å². The largest absolute Gasteiger partial charge is 0.472 e. The Hall–Kier alpha value is -2.29. The predicted molar refractivity (Wildman–Crippen MR) is 300 cm³/mol. The molecule has 0 radical (unpaired) electrons. The number of esters is 1. The molecule has 0 aromatic heterocycles. The number of ether oxygens (including phenoxy) is 1. The van der Waals surface area contributed by atoms with Crippen LogP contribution in [0.15, 0.2) is 60.8 Å². The molecule has 2 N–H and O–H groups in total. The summed E-state index contributed by atoms with van der Waals surface area (Å²) in [5, 5.41) is 3.03. The Bertz CT molecular complexity index is 1390. The second-order valence-electron chi connectivity index (χ2n) is 20.8. The molecule has 0 aliphatic rings. The van der Waals surface area contributed by atoms with Crippen molar-refractivity contribution in [1.82, 2.24) is 5.32 Å². The van der Waals surface area contributed by atoms with E-state index in [1.54, 1.807) is 0 Å². The molecule has 3 atom stereocenters. The number of rotatable bonds is 52. The summed E-state index contributed by atoms with van der Waals surface area (Å²) in [6.07, 6.45) is 62.1. The van der Waals surface area contributed by atoms with Crippen molar-refractivity contribution >= 4 is 19.7 Å². The Balaban J connectivity index is 5.35. The first-order chi connectivity index (χ1) is 33.9. The molecule has 3 unspecified atom stereocenters. The normalized spacial score (nSPS) is 14.2. The molecule has 0 bridgehead atoms. The van der Waals surface area contributed by atoms with Crippen LogP contribution < -0.4 is 5.32 Å². The van der Waals surface area contributed by atoms with Crippen LogP contribution in [0.5, 0.6) is 0 Å². The van der Waals surface area contributed by atoms with Gasteiger partial charge >= 0.3 is 13.8 Å². The van der Waals surface area contributed by atoms with Crippen molar-refractivity contribution < 1.29 is 37.3 Å². The maximum absolute atomic E-state index is 13.5. The van der Waals surface area contributed by atoms with Gasteiger partial charge in [-0.25, -0.2) is 4.57 Å². The number of carbonyl (C=O) groups is 2. The van der Waals surface area contributed by atoms with Crippen molar-refractivity contribution in [3.05, 3.63) is 60.8 Å². The minimum Gasteiger partial charge on any atom is -0.456 e. The number of amides is 1. The number of nitrogens with zero attached hydrogens (tertiary/aromatic N) is 1. The van der Waals surface area contributed by atoms with Crippen molar-refractivity contribution in [3.63, 3.8) is 0 Å². The summed E-state index contributed by atoms with van der Waals surface area (Å²) in [6.45, 7) is 6.95. The highest BCUT2D eigenvalue weighted by atomic mass is 31.2. The van der Waals surface area contributed by atoms with E-state index in [4.69, 9.17) is 13.8 Å². The molecule has 0 rings (SSSR count). The van der Waals surface area contributed by atoms with E-state index >= 15 is 0 Å². The van der Waals surface area contributed by atoms with Gasteiger partial charge in [-0.1, -0.05) is 230 Å². The van der Waals surface area contributed by atoms with Crippen molar-refractivity contribution in [3.8, 4) is 0 Å². The average Bonchev–Trinajstić information content (AvgIpc) is 3.32. The van der Waals surface area contributed by atoms with Crippen LogP contribution >= 0.6 is 7.82 Å². The molecule has 0 saturated heterocycles. The van der Waals surface area contributed by atoms with Gasteiger partial charge in [-0.3, -0.25) is 18.6 Å². The number of likely N-dealkylation sites (N-methyl/N-ethyl adjacent to an activating group) is 1. The molecule has 0 aliphatic heterocycles. The molecule has 0 spiro atoms. The van der Waals surface area contributed by atoms with Gasteiger partial charge in [0.05, 0.1) is 33.8 Å². The van der Waals surface area contributed by atoms with Gasteiger partial charge in [-0.15, -0.1) is 0 Å². The number of phosphoric acid groups is 1. The third-order valence-corrected chi connectivity index (χ3v) is 13.7. The Morgan fingerprint density at radius 2 is 0.871 bits per heavy atom. The van der Waals surface area contributed by atoms with E-state index in [2.05, 4.69) is 74.7 Å². The summed E-state index contributed by atoms with van der Waals surface area (Å²) in [4.78, 5) is 37.6. The van der Waals surface area contributed by atoms with Crippen LogP contribution in [-0.2, 0) is 27.9 Å². The number of phosphoric ester groups is 1. The molecule has 70 heavy (non-hydrogen) atoms. The fourth-order valence-electron chi connectivity index (χ4n) is 8.16. The van der Waals surface area contributed by atoms with Gasteiger partial charge in [-0.05, 0) is 76.7 Å². The van der Waals surface area contributed by atoms with Crippen molar-refractivity contribution in [2.24, 2.45) is 0 Å². The number of unbranched alkanes of at least 4 members (excludes halogenated alkanes) is 28. The Morgan fingerprint density at radius 1 is 0.500 bits per heavy atom. The lowest BCUT2D eigenvalue weighted by molar-refractivity contribution is -0.870. The minimum atomic E-state index is -4.45. The minimum absolute atomic E-state index is 0.0333. The summed E-state index contributed by atoms with van der Waals surface area (Å²) < 4.78 is 30.6. The van der Waals surface area contributed by atoms with Gasteiger partial charge in [0.1, 0.15) is 19.3 Å². The zero-order valence-electron chi connectivity index (χ0n) is 46.5. The molecule has 1 amide bonds. The topological polar surface area (TPSA) is 111 Å². The Morgan fingerprint density at radius 3 is 1.34 bits per heavy atom. The monoisotopic (exact) mass is 1000 g/mol. The highest BCUT2D eigenvalue weighted by Crippen LogP contribution is 2.43. The van der Waals surface area contributed by atoms with Crippen LogP contribution in [0.25, 0.3) is 0 Å². The van der Waals surface area contributed by atoms with Crippen LogP contribution in [0.1, 0.15) is 258 Å². The van der Waals surface area contributed by atoms with Gasteiger partial charge in [0.15, 0.2) is 0 Å². The summed E-state index contributed by atoms with van der Waals surface area (Å²) in [5.41, 5.74) is 0. The van der Waals surface area contributed by atoms with Gasteiger partial charge in [0.25, 0.3) is 0 Å². The lowest BCUT2D eigenvalue weighted by Gasteiger charge is -2.27. The predicted octanol–water partition coefficient (Wildman–Crippen LogP) is 17.5. The maximum atomic E-state index is 13.5. The van der Waals surface area contributed by atoms with E-state index in [0.29, 0.717) is 23.9 Å². The van der Waals surface area contributed by atoms with E-state index in [-0.39, 0.29) is 31.5 Å². The van der Waals surface area contributed by atoms with Crippen LogP contribution in [0, 0.1) is 0 Å². The summed E-state index contributed by atoms with van der Waals surface area (Å²) in [6, 6.07) is -0.863. The van der Waals surface area contributed by atoms with Gasteiger partial charge in [0.2, 0.25) is 5.91 Å². The average molecular weight is 1000 g/mol. The van der Waals surface area contributed by atoms with Crippen LogP contribution in [-0.4, -0.2) is 74.3 Å². The first-order valence-corrected chi connectivity index (χ1v) is 30.6. The Labute approximate surface area is 432 Å². The van der Waals surface area contributed by atoms with E-state index in [1.165, 1.54) is 141 Å². The maximum Gasteiger partial charge on any atom is 0.472 e. The van der Waals surface area contributed by atoms with Crippen molar-refractivity contribution in [1.29, 1.82) is 0 Å². The zero-order valence-corrected chi connectivity index (χ0v) is 47.4. The second-order valence-corrected chi connectivity index (χ2v) is 22.3. The SMILES string of the molecule is CCCCC/C=C\C/C=C\C/C=C\C/C=C\CCCCCC(=O)NC(COP(=O)(O)OCC[N+](C)(C)C)C(/C=C\CCCCCCCCCCC)OC(=O)CCCCCCCCCCCCCCCC. The molecule has 0 aliphatic carbocycles. The molecule has 408 valence electrons. The van der Waals surface area contributed by atoms with Crippen molar-refractivity contribution in [2.75, 3.05) is 40.9 Å². The van der Waals surface area contributed by atoms with Gasteiger partial charge in [-0.2, -0.15) is 0 Å². The molecule has 0 heterocycles. The number of carbonyl (C=O) groups excluding carboxylic acids is 2. The number of hydrogen-bond donors (Lipinski definition) is 2. The number of nitrogens with one attached hydrogen (secondary N) is 1. The van der Waals surface area contributed by atoms with Crippen molar-refractivity contribution in [2.45, 2.75) is 270 Å². The van der Waals surface area contributed by atoms with E-state index < -0.39 is 20.0 Å². The first-order valence-electron chi connectivity index (χ1n) is 29.1. The van der Waals surface area contributed by atoms with Crippen LogP contribution in [0.4, 0.5) is 0 Å². The zero-order chi connectivity index (χ0) is 51.5. The number of allylic oxidation sites excluding steroid dienone is 9. The number of hydrogen-bond acceptors (Lipinski definition) is 6. The molecule has 0 fully saturated rings. The fraction of sp³-hybridized carbons (Fsp3) is 0.800. The highest BCUT2D eigenvalue weighted by Gasteiger charge is 2.30. The molecule has 0 aromatic rings. The highest BCUT2D eigenvalue weighted by molar-refractivity contribution is 7.47. The Kier molecular flexibility index (Phi) is 48.6. The van der Waals surface area contributed by atoms with E-state index in [0.717, 1.165) is 77.0 Å². The fourth-order valence-corrected chi connectivity index (χ4v) is 8.89. The molecular weight excluding hydrogens is 892 g/mol. The standard InChI is InChI=1S/C60H111N2O7P/c1-7-10-13-16-19-22-25-27-29-30-31-32-33-34-37-40-43-46-49-52-59(63)61-57(56-68-70(65,66)67-55-54-62(4,5)6)58(51-48-45-42-39-36-24-21-18-15-12-9-3)69-60(64)53-50-47-44-41-38-35-28-26-23-20-17-14-11-8-2/h19,22,27,29,31-32,34,37,48,51,57-58H,7-18,20-21,23-26,28,30,33,35-36,38-47,49-50,52-56H2,1-6H3,(H-,61,63,65,66)/p+1/b22-19-,29-27-,32-31-,37-34-,51-48-. The van der Waals surface area contributed by atoms with Gasteiger partial charge in [0, 0.05) is 12.8 Å². The molecule has 0 saturated carbocycles. The quantitative estimate of drug-likeness (QED) is 0.0205. The number of quaternary nitrogens is 1. The second kappa shape index (κ2) is 50.3. The van der Waals surface area contributed by atoms with Crippen LogP contribution in [0.3, 0.4) is 0 Å². The molecule has 0 aromatic carbocycles. The van der Waals surface area contributed by atoms with E-state index in [9.17, 15) is 19.0 Å². The van der Waals surface area contributed by atoms with E-state index in [1.807, 2.05) is 33.3 Å². The van der Waals surface area contributed by atoms with Gasteiger partial charge < -0.3 is 19.4 Å². The first kappa shape index (κ1) is 67.7. The summed E-state index contributed by atoms with van der Waals surface area (Å²) in [7, 11) is 1.47. The lowest BCUT2D eigenvalue weighted by Crippen LogP contribution is -2.47. The molecular formula is C60H112N2O7P+. The molecule has 10 heteroatoms.